The number of benzene rings is 4. The molecule has 0 unspecified atom stereocenters. The minimum atomic E-state index is -0.351. The first-order chi connectivity index (χ1) is 20.4. The van der Waals surface area contributed by atoms with Crippen molar-refractivity contribution >= 4 is 50.7 Å². The fourth-order valence-electron chi connectivity index (χ4n) is 4.57. The topological polar surface area (TPSA) is 88.1 Å². The molecule has 0 spiro atoms. The minimum absolute atomic E-state index is 0.168. The van der Waals surface area contributed by atoms with E-state index in [0.717, 1.165) is 8.96 Å². The standard InChI is InChI=1S/C32H23FIN3O5/c1-39-26-11-6-12-27-23(26)16-29(42-27)31-36-25-10-4-3-9-22(25)32(38)37(31)35-17-20-14-24(34)30(28(15-20)40-2)41-18-19-7-5-8-21(33)13-19/h3-17H,18H2,1-2H3. The van der Waals surface area contributed by atoms with Gasteiger partial charge in [-0.05, 0) is 88.3 Å². The van der Waals surface area contributed by atoms with E-state index in [2.05, 4.69) is 27.7 Å². The number of aromatic nitrogens is 2. The smallest absolute Gasteiger partial charge is 0.282 e. The molecular weight excluding hydrogens is 652 g/mol. The highest BCUT2D eigenvalue weighted by molar-refractivity contribution is 14.1. The molecule has 0 N–H and O–H groups in total. The van der Waals surface area contributed by atoms with Crippen molar-refractivity contribution in [3.8, 4) is 28.8 Å². The first kappa shape index (κ1) is 27.5. The Hall–Kier alpha value is -4.71. The highest BCUT2D eigenvalue weighted by Gasteiger charge is 2.18. The van der Waals surface area contributed by atoms with Crippen LogP contribution in [-0.4, -0.2) is 30.1 Å². The van der Waals surface area contributed by atoms with Gasteiger partial charge in [0.25, 0.3) is 5.56 Å². The minimum Gasteiger partial charge on any atom is -0.496 e. The van der Waals surface area contributed by atoms with Crippen molar-refractivity contribution < 1.29 is 23.0 Å². The summed E-state index contributed by atoms with van der Waals surface area (Å²) in [6, 6.07) is 24.2. The Kier molecular flexibility index (Phi) is 7.62. The zero-order valence-corrected chi connectivity index (χ0v) is 24.7. The lowest BCUT2D eigenvalue weighted by molar-refractivity contribution is 0.282. The average molecular weight is 675 g/mol. The molecule has 0 aliphatic rings. The molecule has 0 saturated carbocycles. The molecule has 4 aromatic carbocycles. The number of methoxy groups -OCH3 is 2. The predicted octanol–water partition coefficient (Wildman–Crippen LogP) is 7.03. The van der Waals surface area contributed by atoms with Crippen LogP contribution in [0.3, 0.4) is 0 Å². The number of rotatable bonds is 8. The lowest BCUT2D eigenvalue weighted by Gasteiger charge is -2.14. The van der Waals surface area contributed by atoms with Gasteiger partial charge in [0, 0.05) is 0 Å². The highest BCUT2D eigenvalue weighted by atomic mass is 127. The number of fused-ring (bicyclic) bond motifs is 2. The van der Waals surface area contributed by atoms with Crippen LogP contribution in [0.1, 0.15) is 11.1 Å². The molecule has 210 valence electrons. The molecule has 0 amide bonds. The molecule has 0 fully saturated rings. The van der Waals surface area contributed by atoms with Gasteiger partial charge in [-0.25, -0.2) is 9.37 Å². The molecule has 0 radical (unpaired) electrons. The number of para-hydroxylation sites is 1. The summed E-state index contributed by atoms with van der Waals surface area (Å²) in [4.78, 5) is 18.4. The molecule has 0 bridgehead atoms. The van der Waals surface area contributed by atoms with Crippen LogP contribution in [0, 0.1) is 9.39 Å². The monoisotopic (exact) mass is 675 g/mol. The summed E-state index contributed by atoms with van der Waals surface area (Å²) < 4.78 is 38.7. The Labute approximate surface area is 253 Å². The van der Waals surface area contributed by atoms with E-state index in [1.807, 2.05) is 30.3 Å². The van der Waals surface area contributed by atoms with Gasteiger partial charge >= 0.3 is 0 Å². The van der Waals surface area contributed by atoms with Gasteiger partial charge in [-0.15, -0.1) is 0 Å². The maximum Gasteiger partial charge on any atom is 0.282 e. The van der Waals surface area contributed by atoms with Gasteiger partial charge in [0.2, 0.25) is 5.82 Å². The van der Waals surface area contributed by atoms with Crippen molar-refractivity contribution in [1.82, 2.24) is 9.66 Å². The zero-order valence-electron chi connectivity index (χ0n) is 22.5. The van der Waals surface area contributed by atoms with Crippen LogP contribution in [0.2, 0.25) is 0 Å². The summed E-state index contributed by atoms with van der Waals surface area (Å²) in [6.07, 6.45) is 1.55. The van der Waals surface area contributed by atoms with Crippen LogP contribution in [0.15, 0.2) is 99.2 Å². The fraction of sp³-hybridized carbons (Fsp3) is 0.0938. The van der Waals surface area contributed by atoms with Crippen LogP contribution in [0.4, 0.5) is 4.39 Å². The molecule has 2 heterocycles. The largest absolute Gasteiger partial charge is 0.496 e. The zero-order chi connectivity index (χ0) is 29.2. The third kappa shape index (κ3) is 5.32. The van der Waals surface area contributed by atoms with Gasteiger partial charge in [-0.2, -0.15) is 9.78 Å². The molecule has 0 atom stereocenters. The summed E-state index contributed by atoms with van der Waals surface area (Å²) in [5, 5.41) is 5.72. The van der Waals surface area contributed by atoms with Crippen LogP contribution in [0.25, 0.3) is 33.5 Å². The Morgan fingerprint density at radius 1 is 0.952 bits per heavy atom. The second-order valence-corrected chi connectivity index (χ2v) is 10.4. The first-order valence-electron chi connectivity index (χ1n) is 12.8. The molecule has 2 aromatic heterocycles. The normalized spacial score (nSPS) is 11.4. The fourth-order valence-corrected chi connectivity index (χ4v) is 5.35. The van der Waals surface area contributed by atoms with E-state index < -0.39 is 0 Å². The maximum absolute atomic E-state index is 13.6. The lowest BCUT2D eigenvalue weighted by Crippen LogP contribution is -2.20. The molecule has 0 aliphatic carbocycles. The van der Waals surface area contributed by atoms with Gasteiger partial charge in [-0.1, -0.05) is 30.3 Å². The van der Waals surface area contributed by atoms with E-state index in [1.54, 1.807) is 55.8 Å². The van der Waals surface area contributed by atoms with E-state index in [9.17, 15) is 9.18 Å². The summed E-state index contributed by atoms with van der Waals surface area (Å²) in [5.41, 5.74) is 2.11. The van der Waals surface area contributed by atoms with E-state index in [1.165, 1.54) is 23.9 Å². The molecule has 6 rings (SSSR count). The Balaban J connectivity index is 1.41. The van der Waals surface area contributed by atoms with Gasteiger partial charge in [-0.3, -0.25) is 4.79 Å². The molecule has 10 heteroatoms. The third-order valence-electron chi connectivity index (χ3n) is 6.56. The summed E-state index contributed by atoms with van der Waals surface area (Å²) in [7, 11) is 3.12. The van der Waals surface area contributed by atoms with Gasteiger partial charge < -0.3 is 18.6 Å². The highest BCUT2D eigenvalue weighted by Crippen LogP contribution is 2.35. The Morgan fingerprint density at radius 2 is 1.76 bits per heavy atom. The number of ether oxygens (including phenoxy) is 3. The molecule has 8 nitrogen and oxygen atoms in total. The van der Waals surface area contributed by atoms with Crippen LogP contribution < -0.4 is 19.8 Å². The van der Waals surface area contributed by atoms with E-state index in [0.29, 0.717) is 50.6 Å². The van der Waals surface area contributed by atoms with E-state index in [4.69, 9.17) is 23.6 Å². The van der Waals surface area contributed by atoms with Crippen LogP contribution in [0.5, 0.6) is 17.2 Å². The Morgan fingerprint density at radius 3 is 2.57 bits per heavy atom. The van der Waals surface area contributed by atoms with Crippen molar-refractivity contribution in [2.24, 2.45) is 5.10 Å². The lowest BCUT2D eigenvalue weighted by atomic mass is 10.2. The second kappa shape index (κ2) is 11.6. The third-order valence-corrected chi connectivity index (χ3v) is 7.36. The molecule has 6 aromatic rings. The van der Waals surface area contributed by atoms with E-state index >= 15 is 0 Å². The summed E-state index contributed by atoms with van der Waals surface area (Å²) in [5.74, 6) is 1.90. The first-order valence-corrected chi connectivity index (χ1v) is 13.9. The molecule has 0 aliphatic heterocycles. The van der Waals surface area contributed by atoms with Crippen molar-refractivity contribution in [1.29, 1.82) is 0 Å². The SMILES string of the molecule is COc1cc(C=Nn2c(-c3cc4c(OC)cccc4o3)nc3ccccc3c2=O)cc(I)c1OCc1cccc(F)c1. The predicted molar refractivity (Wildman–Crippen MR) is 167 cm³/mol. The number of hydrogen-bond donors (Lipinski definition) is 0. The number of nitrogens with zero attached hydrogens (tertiary/aromatic N) is 3. The number of hydrogen-bond acceptors (Lipinski definition) is 7. The second-order valence-electron chi connectivity index (χ2n) is 9.25. The summed E-state index contributed by atoms with van der Waals surface area (Å²) in [6.45, 7) is 0.168. The maximum atomic E-state index is 13.6. The van der Waals surface area contributed by atoms with Crippen LogP contribution >= 0.6 is 22.6 Å². The summed E-state index contributed by atoms with van der Waals surface area (Å²) >= 11 is 2.14. The van der Waals surface area contributed by atoms with Crippen molar-refractivity contribution in [3.63, 3.8) is 0 Å². The van der Waals surface area contributed by atoms with Gasteiger partial charge in [0.05, 0.1) is 40.3 Å². The number of furan rings is 1. The van der Waals surface area contributed by atoms with Crippen molar-refractivity contribution in [2.45, 2.75) is 6.61 Å². The van der Waals surface area contributed by atoms with Gasteiger partial charge in [0.1, 0.15) is 23.8 Å². The molecule has 0 saturated heterocycles. The number of halogens is 2. The van der Waals surface area contributed by atoms with Crippen molar-refractivity contribution in [2.75, 3.05) is 14.2 Å². The molecular formula is C32H23FIN3O5. The van der Waals surface area contributed by atoms with Crippen LogP contribution in [-0.2, 0) is 6.61 Å². The average Bonchev–Trinajstić information content (AvgIpc) is 3.44. The van der Waals surface area contributed by atoms with Gasteiger partial charge in [0.15, 0.2) is 17.3 Å². The van der Waals surface area contributed by atoms with E-state index in [-0.39, 0.29) is 23.8 Å². The Bertz CT molecular complexity index is 2040. The quantitative estimate of drug-likeness (QED) is 0.127. The molecule has 42 heavy (non-hydrogen) atoms. The van der Waals surface area contributed by atoms with Crippen molar-refractivity contribution in [3.05, 3.63) is 116 Å².